The van der Waals surface area contributed by atoms with Gasteiger partial charge in [-0.1, -0.05) is 113 Å². The highest BCUT2D eigenvalue weighted by Crippen LogP contribution is 2.89. The van der Waals surface area contributed by atoms with E-state index in [1.807, 2.05) is 0 Å². The number of fused-ring (bicyclic) bond motifs is 9. The number of anilines is 3. The van der Waals surface area contributed by atoms with E-state index < -0.39 is 0 Å². The summed E-state index contributed by atoms with van der Waals surface area (Å²) in [4.78, 5) is 2.44. The van der Waals surface area contributed by atoms with Crippen molar-refractivity contribution >= 4 is 27.8 Å². The Balaban J connectivity index is 0.977. The van der Waals surface area contributed by atoms with Gasteiger partial charge in [0, 0.05) is 39.7 Å². The molecular formula is C52H49NO. The monoisotopic (exact) mass is 703 g/mol. The second-order valence-electron chi connectivity index (χ2n) is 19.3. The molecule has 5 aliphatic carbocycles. The first-order chi connectivity index (χ1) is 26.2. The Morgan fingerprint density at radius 1 is 0.519 bits per heavy atom. The summed E-state index contributed by atoms with van der Waals surface area (Å²) in [6, 6.07) is 48.3. The Morgan fingerprint density at radius 2 is 1.17 bits per heavy atom. The lowest BCUT2D eigenvalue weighted by molar-refractivity contribution is -0.235. The van der Waals surface area contributed by atoms with Crippen LogP contribution in [0.3, 0.4) is 0 Å². The smallest absolute Gasteiger partial charge is 0.133 e. The summed E-state index contributed by atoms with van der Waals surface area (Å²) in [6.45, 7) is 9.65. The molecule has 0 radical (unpaired) electrons. The lowest BCUT2D eigenvalue weighted by Crippen LogP contribution is -2.74. The van der Waals surface area contributed by atoms with Crippen LogP contribution in [0.1, 0.15) is 88.5 Å². The predicted molar refractivity (Wildman–Crippen MR) is 222 cm³/mol. The SMILES string of the molecule is CC1(C)CCC(C)(C)c2cc(-c3ccc(N(c4ccc5c(c4)Oc4ccccc4C54C5CC6CC7CC4C75C6)c4ccc5ccccc5c4)cc3)ccc21. The minimum absolute atomic E-state index is 0.0858. The van der Waals surface area contributed by atoms with Gasteiger partial charge < -0.3 is 9.64 Å². The summed E-state index contributed by atoms with van der Waals surface area (Å²) in [5.41, 5.74) is 13.0. The molecule has 268 valence electrons. The summed E-state index contributed by atoms with van der Waals surface area (Å²) in [5, 5.41) is 2.50. The molecular weight excluding hydrogens is 655 g/mol. The van der Waals surface area contributed by atoms with Gasteiger partial charge in [-0.25, -0.2) is 0 Å². The molecule has 0 N–H and O–H groups in total. The van der Waals surface area contributed by atoms with Crippen LogP contribution in [0.25, 0.3) is 21.9 Å². The van der Waals surface area contributed by atoms with E-state index in [-0.39, 0.29) is 16.2 Å². The normalized spacial score (nSPS) is 29.6. The molecule has 6 aromatic rings. The summed E-state index contributed by atoms with van der Waals surface area (Å²) in [6.07, 6.45) is 8.18. The minimum Gasteiger partial charge on any atom is -0.457 e. The van der Waals surface area contributed by atoms with Crippen LogP contribution in [0.15, 0.2) is 127 Å². The van der Waals surface area contributed by atoms with Gasteiger partial charge in [0.25, 0.3) is 0 Å². The van der Waals surface area contributed by atoms with Crippen molar-refractivity contribution in [1.82, 2.24) is 0 Å². The highest BCUT2D eigenvalue weighted by molar-refractivity contribution is 5.90. The molecule has 4 saturated carbocycles. The average Bonchev–Trinajstić information content (AvgIpc) is 3.72. The van der Waals surface area contributed by atoms with Gasteiger partial charge in [0.2, 0.25) is 0 Å². The Kier molecular flexibility index (Phi) is 6.12. The first kappa shape index (κ1) is 31.5. The van der Waals surface area contributed by atoms with Gasteiger partial charge in [-0.15, -0.1) is 0 Å². The number of hydrogen-bond donors (Lipinski definition) is 0. The summed E-state index contributed by atoms with van der Waals surface area (Å²) in [5.74, 6) is 5.49. The Bertz CT molecular complexity index is 2540. The third-order valence-electron chi connectivity index (χ3n) is 16.0. The quantitative estimate of drug-likeness (QED) is 0.181. The van der Waals surface area contributed by atoms with Gasteiger partial charge in [-0.3, -0.25) is 0 Å². The van der Waals surface area contributed by atoms with E-state index in [0.717, 1.165) is 52.2 Å². The van der Waals surface area contributed by atoms with Crippen LogP contribution < -0.4 is 9.64 Å². The van der Waals surface area contributed by atoms with E-state index in [0.29, 0.717) is 5.41 Å². The molecule has 1 aliphatic heterocycles. The zero-order valence-corrected chi connectivity index (χ0v) is 32.0. The fourth-order valence-corrected chi connectivity index (χ4v) is 13.5. The van der Waals surface area contributed by atoms with E-state index in [2.05, 4.69) is 160 Å². The van der Waals surface area contributed by atoms with Crippen LogP contribution in [0.2, 0.25) is 0 Å². The standard InChI is InChI=1S/C52H49NO/c1-49(2)23-24-50(3,4)44-28-36(16-21-41(44)49)34-13-17-38(18-14-34)53(39-19-15-33-9-5-6-10-35(33)27-39)40-20-22-43-46(30-40)54-45-12-8-7-11-42(45)52(43)47-26-32-25-37-29-48(52)51(37,47)31-32/h5-22,27-28,30,32,37,47-48H,23-26,29,31H2,1-4H3. The molecule has 6 unspecified atom stereocenters. The van der Waals surface area contributed by atoms with Crippen molar-refractivity contribution in [3.63, 3.8) is 0 Å². The fraction of sp³-hybridized carbons (Fsp3) is 0.346. The minimum atomic E-state index is 0.0858. The summed E-state index contributed by atoms with van der Waals surface area (Å²) in [7, 11) is 0. The Labute approximate surface area is 320 Å². The second kappa shape index (κ2) is 10.5. The first-order valence-electron chi connectivity index (χ1n) is 20.6. The number of para-hydroxylation sites is 1. The zero-order valence-electron chi connectivity index (χ0n) is 32.0. The lowest BCUT2D eigenvalue weighted by Gasteiger charge is -2.77. The van der Waals surface area contributed by atoms with Gasteiger partial charge in [0.05, 0.1) is 0 Å². The third-order valence-corrected chi connectivity index (χ3v) is 16.0. The van der Waals surface area contributed by atoms with Crippen LogP contribution in [0.5, 0.6) is 11.5 Å². The van der Waals surface area contributed by atoms with Gasteiger partial charge >= 0.3 is 0 Å². The molecule has 1 heterocycles. The van der Waals surface area contributed by atoms with Gasteiger partial charge in [-0.2, -0.15) is 0 Å². The Morgan fingerprint density at radius 3 is 2.00 bits per heavy atom. The van der Waals surface area contributed by atoms with E-state index in [4.69, 9.17) is 4.74 Å². The van der Waals surface area contributed by atoms with Crippen molar-refractivity contribution in [2.45, 2.75) is 82.5 Å². The highest BCUT2D eigenvalue weighted by atomic mass is 16.5. The van der Waals surface area contributed by atoms with E-state index in [1.165, 1.54) is 82.7 Å². The van der Waals surface area contributed by atoms with Gasteiger partial charge in [0.15, 0.2) is 0 Å². The van der Waals surface area contributed by atoms with Crippen LogP contribution >= 0.6 is 0 Å². The summed E-state index contributed by atoms with van der Waals surface area (Å²) >= 11 is 0. The average molecular weight is 704 g/mol. The number of nitrogens with zero attached hydrogens (tertiary/aromatic N) is 1. The van der Waals surface area contributed by atoms with Crippen molar-refractivity contribution in [3.8, 4) is 22.6 Å². The lowest BCUT2D eigenvalue weighted by atomic mass is 9.26. The third kappa shape index (κ3) is 3.92. The van der Waals surface area contributed by atoms with E-state index >= 15 is 0 Å². The zero-order chi connectivity index (χ0) is 36.2. The molecule has 12 rings (SSSR count). The van der Waals surface area contributed by atoms with Crippen LogP contribution in [0.4, 0.5) is 17.1 Å². The van der Waals surface area contributed by atoms with Crippen LogP contribution in [-0.2, 0) is 16.2 Å². The molecule has 2 nitrogen and oxygen atoms in total. The molecule has 0 aromatic heterocycles. The largest absolute Gasteiger partial charge is 0.457 e. The molecule has 2 heteroatoms. The van der Waals surface area contributed by atoms with Crippen molar-refractivity contribution < 1.29 is 4.74 Å². The summed E-state index contributed by atoms with van der Waals surface area (Å²) < 4.78 is 6.96. The molecule has 4 fully saturated rings. The van der Waals surface area contributed by atoms with Crippen molar-refractivity contribution in [3.05, 3.63) is 150 Å². The molecule has 2 bridgehead atoms. The molecule has 54 heavy (non-hydrogen) atoms. The molecule has 2 spiro atoms. The molecule has 6 aromatic carbocycles. The Hall–Kier alpha value is -4.82. The van der Waals surface area contributed by atoms with Crippen molar-refractivity contribution in [1.29, 1.82) is 0 Å². The number of rotatable bonds is 4. The van der Waals surface area contributed by atoms with Crippen molar-refractivity contribution in [2.24, 2.45) is 29.1 Å². The highest BCUT2D eigenvalue weighted by Gasteiger charge is 2.84. The van der Waals surface area contributed by atoms with E-state index in [9.17, 15) is 0 Å². The first-order valence-corrected chi connectivity index (χ1v) is 20.6. The predicted octanol–water partition coefficient (Wildman–Crippen LogP) is 13.8. The molecule has 0 saturated heterocycles. The number of benzene rings is 6. The van der Waals surface area contributed by atoms with Crippen molar-refractivity contribution in [2.75, 3.05) is 4.90 Å². The maximum Gasteiger partial charge on any atom is 0.133 e. The van der Waals surface area contributed by atoms with Gasteiger partial charge in [-0.05, 0) is 148 Å². The maximum absolute atomic E-state index is 6.96. The van der Waals surface area contributed by atoms with Gasteiger partial charge in [0.1, 0.15) is 11.5 Å². The van der Waals surface area contributed by atoms with E-state index in [1.54, 1.807) is 0 Å². The fourth-order valence-electron chi connectivity index (χ4n) is 13.5. The second-order valence-corrected chi connectivity index (χ2v) is 19.3. The van der Waals surface area contributed by atoms with Crippen LogP contribution in [0, 0.1) is 29.1 Å². The molecule has 0 amide bonds. The van der Waals surface area contributed by atoms with Crippen LogP contribution in [-0.4, -0.2) is 0 Å². The molecule has 6 atom stereocenters. The topological polar surface area (TPSA) is 12.5 Å². The number of hydrogen-bond acceptors (Lipinski definition) is 2. The maximum atomic E-state index is 6.96. The number of ether oxygens (including phenoxy) is 1. The molecule has 6 aliphatic rings.